The average molecular weight is 337 g/mol. The Morgan fingerprint density at radius 2 is 2.08 bits per heavy atom. The van der Waals surface area contributed by atoms with Gasteiger partial charge in [0.05, 0.1) is 6.20 Å². The number of nitrogens with zero attached hydrogens (tertiary/aromatic N) is 5. The summed E-state index contributed by atoms with van der Waals surface area (Å²) in [7, 11) is 0. The molecule has 0 N–H and O–H groups in total. The highest BCUT2D eigenvalue weighted by atomic mass is 16.2. The SMILES string of the molecule is O=C(c1cn(CC2CC2)nn1)N1C[C@@H]2CCCN2Cc2ccccc21. The number of hydrogen-bond donors (Lipinski definition) is 0. The summed E-state index contributed by atoms with van der Waals surface area (Å²) in [5.41, 5.74) is 2.71. The van der Waals surface area contributed by atoms with Gasteiger partial charge >= 0.3 is 0 Å². The molecule has 0 radical (unpaired) electrons. The van der Waals surface area contributed by atoms with Gasteiger partial charge in [0.15, 0.2) is 5.69 Å². The van der Waals surface area contributed by atoms with Crippen molar-refractivity contribution in [3.63, 3.8) is 0 Å². The van der Waals surface area contributed by atoms with Gasteiger partial charge in [0.25, 0.3) is 5.91 Å². The molecule has 6 nitrogen and oxygen atoms in total. The maximum absolute atomic E-state index is 13.2. The van der Waals surface area contributed by atoms with E-state index >= 15 is 0 Å². The highest BCUT2D eigenvalue weighted by molar-refractivity contribution is 6.05. The van der Waals surface area contributed by atoms with E-state index in [1.165, 1.54) is 24.8 Å². The molecule has 1 saturated carbocycles. The lowest BCUT2D eigenvalue weighted by Crippen LogP contribution is -2.40. The first-order valence-electron chi connectivity index (χ1n) is 9.32. The van der Waals surface area contributed by atoms with E-state index in [0.29, 0.717) is 11.7 Å². The van der Waals surface area contributed by atoms with Gasteiger partial charge in [0, 0.05) is 31.4 Å². The fourth-order valence-corrected chi connectivity index (χ4v) is 4.13. The molecule has 130 valence electrons. The van der Waals surface area contributed by atoms with Crippen molar-refractivity contribution >= 4 is 11.6 Å². The lowest BCUT2D eigenvalue weighted by Gasteiger charge is -2.25. The minimum atomic E-state index is -0.0248. The highest BCUT2D eigenvalue weighted by Crippen LogP contribution is 2.32. The van der Waals surface area contributed by atoms with Gasteiger partial charge in [-0.25, -0.2) is 0 Å². The molecule has 0 bridgehead atoms. The van der Waals surface area contributed by atoms with Crippen LogP contribution in [0.3, 0.4) is 0 Å². The predicted molar refractivity (Wildman–Crippen MR) is 94.3 cm³/mol. The summed E-state index contributed by atoms with van der Waals surface area (Å²) in [5, 5.41) is 8.34. The summed E-state index contributed by atoms with van der Waals surface area (Å²) in [6.45, 7) is 3.68. The van der Waals surface area contributed by atoms with Crippen LogP contribution in [0.25, 0.3) is 0 Å². The Hall–Kier alpha value is -2.21. The molecule has 3 heterocycles. The van der Waals surface area contributed by atoms with Crippen LogP contribution in [-0.4, -0.2) is 44.9 Å². The monoisotopic (exact) mass is 337 g/mol. The number of anilines is 1. The van der Waals surface area contributed by atoms with Crippen molar-refractivity contribution in [3.8, 4) is 0 Å². The largest absolute Gasteiger partial charge is 0.305 e. The third kappa shape index (κ3) is 2.84. The molecule has 3 aliphatic rings. The van der Waals surface area contributed by atoms with Crippen molar-refractivity contribution in [1.82, 2.24) is 19.9 Å². The smallest absolute Gasteiger partial charge is 0.280 e. The summed E-state index contributed by atoms with van der Waals surface area (Å²) in [5.74, 6) is 0.693. The molecule has 2 fully saturated rings. The van der Waals surface area contributed by atoms with Crippen molar-refractivity contribution in [2.24, 2.45) is 5.92 Å². The van der Waals surface area contributed by atoms with Crippen LogP contribution in [0.4, 0.5) is 5.69 Å². The van der Waals surface area contributed by atoms with Crippen LogP contribution in [0.5, 0.6) is 0 Å². The number of para-hydroxylation sites is 1. The van der Waals surface area contributed by atoms with Crippen LogP contribution < -0.4 is 4.90 Å². The van der Waals surface area contributed by atoms with Crippen LogP contribution in [-0.2, 0) is 13.1 Å². The Balaban J connectivity index is 1.46. The standard InChI is InChI=1S/C19H23N5O/c25-19(17-13-23(21-20-17)10-14-7-8-14)24-12-16-5-3-9-22(16)11-15-4-1-2-6-18(15)24/h1-2,4,6,13-14,16H,3,5,7-12H2/t16-/m0/s1. The van der Waals surface area contributed by atoms with Gasteiger partial charge < -0.3 is 4.90 Å². The van der Waals surface area contributed by atoms with Crippen LogP contribution in [0.15, 0.2) is 30.5 Å². The van der Waals surface area contributed by atoms with E-state index in [9.17, 15) is 4.79 Å². The van der Waals surface area contributed by atoms with Crippen LogP contribution in [0.2, 0.25) is 0 Å². The molecule has 0 spiro atoms. The fourth-order valence-electron chi connectivity index (χ4n) is 4.13. The zero-order valence-electron chi connectivity index (χ0n) is 14.3. The predicted octanol–water partition coefficient (Wildman–Crippen LogP) is 2.31. The van der Waals surface area contributed by atoms with Gasteiger partial charge in [-0.2, -0.15) is 0 Å². The minimum absolute atomic E-state index is 0.0248. The van der Waals surface area contributed by atoms with E-state index in [1.54, 1.807) is 0 Å². The Morgan fingerprint density at radius 3 is 2.96 bits per heavy atom. The zero-order valence-corrected chi connectivity index (χ0v) is 14.3. The van der Waals surface area contributed by atoms with Crippen LogP contribution in [0, 0.1) is 5.92 Å². The van der Waals surface area contributed by atoms with E-state index in [-0.39, 0.29) is 5.91 Å². The molecule has 5 rings (SSSR count). The Bertz CT molecular complexity index is 797. The fraction of sp³-hybridized carbons (Fsp3) is 0.526. The second kappa shape index (κ2) is 5.95. The van der Waals surface area contributed by atoms with Gasteiger partial charge in [0.1, 0.15) is 0 Å². The van der Waals surface area contributed by atoms with Crippen molar-refractivity contribution < 1.29 is 4.79 Å². The number of hydrogen-bond acceptors (Lipinski definition) is 4. The van der Waals surface area contributed by atoms with E-state index in [2.05, 4.69) is 33.4 Å². The first-order chi connectivity index (χ1) is 12.3. The van der Waals surface area contributed by atoms with Gasteiger partial charge in [-0.15, -0.1) is 5.10 Å². The first-order valence-corrected chi connectivity index (χ1v) is 9.32. The lowest BCUT2D eigenvalue weighted by atomic mass is 10.1. The number of carbonyl (C=O) groups is 1. The third-order valence-electron chi connectivity index (χ3n) is 5.69. The number of amides is 1. The van der Waals surface area contributed by atoms with Crippen molar-refractivity contribution in [3.05, 3.63) is 41.7 Å². The van der Waals surface area contributed by atoms with E-state index in [0.717, 1.165) is 44.2 Å². The molecule has 6 heteroatoms. The maximum Gasteiger partial charge on any atom is 0.280 e. The van der Waals surface area contributed by atoms with E-state index < -0.39 is 0 Å². The second-order valence-electron chi connectivity index (χ2n) is 7.58. The molecule has 25 heavy (non-hydrogen) atoms. The van der Waals surface area contributed by atoms with E-state index in [4.69, 9.17) is 0 Å². The molecule has 1 aliphatic carbocycles. The Kier molecular flexibility index (Phi) is 3.59. The van der Waals surface area contributed by atoms with Crippen LogP contribution in [0.1, 0.15) is 41.7 Å². The quantitative estimate of drug-likeness (QED) is 0.862. The van der Waals surface area contributed by atoms with Gasteiger partial charge in [0.2, 0.25) is 0 Å². The Labute approximate surface area is 147 Å². The molecule has 1 amide bonds. The Morgan fingerprint density at radius 1 is 1.20 bits per heavy atom. The molecule has 1 aromatic heterocycles. The van der Waals surface area contributed by atoms with Gasteiger partial charge in [-0.3, -0.25) is 14.4 Å². The number of rotatable bonds is 3. The zero-order chi connectivity index (χ0) is 16.8. The minimum Gasteiger partial charge on any atom is -0.305 e. The highest BCUT2D eigenvalue weighted by Gasteiger charge is 2.34. The lowest BCUT2D eigenvalue weighted by molar-refractivity contribution is 0.0976. The molecule has 1 aromatic carbocycles. The van der Waals surface area contributed by atoms with Crippen molar-refractivity contribution in [1.29, 1.82) is 0 Å². The summed E-state index contributed by atoms with van der Waals surface area (Å²) in [6, 6.07) is 8.71. The number of benzene rings is 1. The second-order valence-corrected chi connectivity index (χ2v) is 7.58. The average Bonchev–Trinajstić information content (AvgIpc) is 3.18. The molecule has 1 saturated heterocycles. The molecule has 1 atom stereocenters. The van der Waals surface area contributed by atoms with E-state index in [1.807, 2.05) is 21.8 Å². The number of carbonyl (C=O) groups excluding carboxylic acids is 1. The third-order valence-corrected chi connectivity index (χ3v) is 5.69. The topological polar surface area (TPSA) is 54.3 Å². The number of fused-ring (bicyclic) bond motifs is 2. The normalized spacial score (nSPS) is 23.2. The van der Waals surface area contributed by atoms with Crippen LogP contribution >= 0.6 is 0 Å². The molecule has 2 aromatic rings. The summed E-state index contributed by atoms with van der Waals surface area (Å²) < 4.78 is 1.83. The number of aromatic nitrogens is 3. The van der Waals surface area contributed by atoms with Gasteiger partial charge in [-0.05, 0) is 49.8 Å². The summed E-state index contributed by atoms with van der Waals surface area (Å²) >= 11 is 0. The summed E-state index contributed by atoms with van der Waals surface area (Å²) in [4.78, 5) is 17.6. The van der Waals surface area contributed by atoms with Crippen molar-refractivity contribution in [2.75, 3.05) is 18.0 Å². The molecular formula is C19H23N5O. The van der Waals surface area contributed by atoms with Gasteiger partial charge in [-0.1, -0.05) is 23.4 Å². The molecular weight excluding hydrogens is 314 g/mol. The molecule has 2 aliphatic heterocycles. The summed E-state index contributed by atoms with van der Waals surface area (Å²) in [6.07, 6.45) is 6.72. The first kappa shape index (κ1) is 15.1. The maximum atomic E-state index is 13.2. The molecule has 0 unspecified atom stereocenters. The van der Waals surface area contributed by atoms with Crippen molar-refractivity contribution in [2.45, 2.75) is 44.8 Å².